The van der Waals surface area contributed by atoms with Crippen LogP contribution in [0.3, 0.4) is 0 Å². The predicted molar refractivity (Wildman–Crippen MR) is 77.5 cm³/mol. The maximum absolute atomic E-state index is 5.61. The molecule has 2 aromatic rings. The second kappa shape index (κ2) is 6.33. The van der Waals surface area contributed by atoms with Crippen LogP contribution in [0.1, 0.15) is 25.3 Å². The lowest BCUT2D eigenvalue weighted by Crippen LogP contribution is -2.19. The van der Waals surface area contributed by atoms with Gasteiger partial charge in [0.05, 0.1) is 11.9 Å². The molecule has 2 aromatic heterocycles. The van der Waals surface area contributed by atoms with Crippen molar-refractivity contribution in [1.82, 2.24) is 20.1 Å². The molecule has 0 aliphatic rings. The van der Waals surface area contributed by atoms with Gasteiger partial charge in [-0.2, -0.15) is 5.10 Å². The van der Waals surface area contributed by atoms with Crippen molar-refractivity contribution in [2.24, 2.45) is 0 Å². The third-order valence-electron chi connectivity index (χ3n) is 3.13. The highest BCUT2D eigenvalue weighted by atomic mass is 15.1. The molecule has 0 bridgehead atoms. The van der Waals surface area contributed by atoms with Crippen molar-refractivity contribution in [1.29, 1.82) is 0 Å². The van der Waals surface area contributed by atoms with Crippen LogP contribution in [-0.4, -0.2) is 33.7 Å². The van der Waals surface area contributed by atoms with E-state index in [0.29, 0.717) is 5.82 Å². The molecule has 0 aromatic carbocycles. The SMILES string of the molecule is CCCCN(C)Cc1cn[nH]c1-c1ccc(N)nc1. The number of nitrogens with zero attached hydrogens (tertiary/aromatic N) is 3. The lowest BCUT2D eigenvalue weighted by Gasteiger charge is -2.15. The van der Waals surface area contributed by atoms with Crippen LogP contribution in [0.15, 0.2) is 24.5 Å². The van der Waals surface area contributed by atoms with Crippen molar-refractivity contribution in [3.05, 3.63) is 30.1 Å². The number of aromatic nitrogens is 3. The van der Waals surface area contributed by atoms with Gasteiger partial charge < -0.3 is 10.6 Å². The monoisotopic (exact) mass is 259 g/mol. The summed E-state index contributed by atoms with van der Waals surface area (Å²) in [6.45, 7) is 4.19. The third kappa shape index (κ3) is 3.54. The van der Waals surface area contributed by atoms with E-state index in [4.69, 9.17) is 5.73 Å². The van der Waals surface area contributed by atoms with E-state index < -0.39 is 0 Å². The van der Waals surface area contributed by atoms with E-state index in [0.717, 1.165) is 24.3 Å². The summed E-state index contributed by atoms with van der Waals surface area (Å²) in [4.78, 5) is 6.43. The number of aromatic amines is 1. The summed E-state index contributed by atoms with van der Waals surface area (Å²) in [6, 6.07) is 3.77. The zero-order valence-corrected chi connectivity index (χ0v) is 11.6. The minimum atomic E-state index is 0.532. The van der Waals surface area contributed by atoms with E-state index in [9.17, 15) is 0 Å². The fourth-order valence-corrected chi connectivity index (χ4v) is 2.03. The van der Waals surface area contributed by atoms with E-state index >= 15 is 0 Å². The Balaban J connectivity index is 2.11. The first-order valence-electron chi connectivity index (χ1n) is 6.63. The maximum atomic E-state index is 5.61. The van der Waals surface area contributed by atoms with Crippen LogP contribution < -0.4 is 5.73 Å². The summed E-state index contributed by atoms with van der Waals surface area (Å²) < 4.78 is 0. The summed E-state index contributed by atoms with van der Waals surface area (Å²) in [5.41, 5.74) is 8.84. The first-order chi connectivity index (χ1) is 9.20. The number of unbranched alkanes of at least 4 members (excludes halogenated alkanes) is 1. The Labute approximate surface area is 113 Å². The van der Waals surface area contributed by atoms with Crippen molar-refractivity contribution >= 4 is 5.82 Å². The maximum Gasteiger partial charge on any atom is 0.123 e. The topological polar surface area (TPSA) is 70.8 Å². The van der Waals surface area contributed by atoms with Crippen LogP contribution in [0.4, 0.5) is 5.82 Å². The average molecular weight is 259 g/mol. The molecular formula is C14H21N5. The van der Waals surface area contributed by atoms with Crippen LogP contribution in [0.2, 0.25) is 0 Å². The minimum Gasteiger partial charge on any atom is -0.384 e. The van der Waals surface area contributed by atoms with Gasteiger partial charge in [0, 0.05) is 23.9 Å². The lowest BCUT2D eigenvalue weighted by molar-refractivity contribution is 0.321. The number of H-pyrrole nitrogens is 1. The quantitative estimate of drug-likeness (QED) is 0.835. The Morgan fingerprint density at radius 1 is 1.32 bits per heavy atom. The van der Waals surface area contributed by atoms with E-state index in [1.54, 1.807) is 12.3 Å². The molecule has 102 valence electrons. The molecule has 2 rings (SSSR count). The Morgan fingerprint density at radius 3 is 2.84 bits per heavy atom. The summed E-state index contributed by atoms with van der Waals surface area (Å²) >= 11 is 0. The van der Waals surface area contributed by atoms with Crippen molar-refractivity contribution < 1.29 is 0 Å². The largest absolute Gasteiger partial charge is 0.384 e. The number of nitrogens with one attached hydrogen (secondary N) is 1. The van der Waals surface area contributed by atoms with E-state index in [1.807, 2.05) is 12.3 Å². The van der Waals surface area contributed by atoms with E-state index in [-0.39, 0.29) is 0 Å². The van der Waals surface area contributed by atoms with Crippen LogP contribution in [0, 0.1) is 0 Å². The van der Waals surface area contributed by atoms with Crippen LogP contribution >= 0.6 is 0 Å². The normalized spacial score (nSPS) is 11.1. The molecule has 3 N–H and O–H groups in total. The number of hydrogen-bond acceptors (Lipinski definition) is 4. The van der Waals surface area contributed by atoms with Crippen molar-refractivity contribution in [3.63, 3.8) is 0 Å². The molecule has 0 saturated heterocycles. The Morgan fingerprint density at radius 2 is 2.16 bits per heavy atom. The summed E-state index contributed by atoms with van der Waals surface area (Å²) in [6.07, 6.45) is 6.09. The number of pyridine rings is 1. The average Bonchev–Trinajstić information content (AvgIpc) is 2.85. The zero-order valence-electron chi connectivity index (χ0n) is 11.6. The molecule has 0 amide bonds. The molecule has 5 nitrogen and oxygen atoms in total. The fraction of sp³-hybridized carbons (Fsp3) is 0.429. The molecule has 0 radical (unpaired) electrons. The molecule has 0 unspecified atom stereocenters. The van der Waals surface area contributed by atoms with Crippen molar-refractivity contribution in [2.75, 3.05) is 19.3 Å². The summed E-state index contributed by atoms with van der Waals surface area (Å²) in [5.74, 6) is 0.532. The first kappa shape index (κ1) is 13.5. The van der Waals surface area contributed by atoms with Gasteiger partial charge in [0.2, 0.25) is 0 Å². The highest BCUT2D eigenvalue weighted by molar-refractivity contribution is 5.62. The Bertz CT molecular complexity index is 503. The molecule has 0 fully saturated rings. The van der Waals surface area contributed by atoms with Crippen LogP contribution in [-0.2, 0) is 6.54 Å². The molecule has 0 saturated carbocycles. The van der Waals surface area contributed by atoms with Gasteiger partial charge in [-0.15, -0.1) is 0 Å². The minimum absolute atomic E-state index is 0.532. The molecule has 2 heterocycles. The number of nitrogen functional groups attached to an aromatic ring is 1. The Hall–Kier alpha value is -1.88. The van der Waals surface area contributed by atoms with Crippen LogP contribution in [0.25, 0.3) is 11.3 Å². The lowest BCUT2D eigenvalue weighted by atomic mass is 10.1. The first-order valence-corrected chi connectivity index (χ1v) is 6.63. The van der Waals surface area contributed by atoms with Gasteiger partial charge in [0.25, 0.3) is 0 Å². The highest BCUT2D eigenvalue weighted by Crippen LogP contribution is 2.21. The standard InChI is InChI=1S/C14H21N5/c1-3-4-7-19(2)10-12-9-17-18-14(12)11-5-6-13(15)16-8-11/h5-6,8-9H,3-4,7,10H2,1-2H3,(H2,15,16)(H,17,18). The van der Waals surface area contributed by atoms with Gasteiger partial charge in [-0.05, 0) is 32.1 Å². The Kier molecular flexibility index (Phi) is 4.52. The number of hydrogen-bond donors (Lipinski definition) is 2. The smallest absolute Gasteiger partial charge is 0.123 e. The van der Waals surface area contributed by atoms with Crippen LogP contribution in [0.5, 0.6) is 0 Å². The molecule has 0 aliphatic carbocycles. The van der Waals surface area contributed by atoms with Gasteiger partial charge in [-0.3, -0.25) is 5.10 Å². The van der Waals surface area contributed by atoms with Crippen molar-refractivity contribution in [3.8, 4) is 11.3 Å². The second-order valence-corrected chi connectivity index (χ2v) is 4.83. The number of rotatable bonds is 6. The molecule has 19 heavy (non-hydrogen) atoms. The molecule has 0 atom stereocenters. The molecule has 0 aliphatic heterocycles. The highest BCUT2D eigenvalue weighted by Gasteiger charge is 2.10. The van der Waals surface area contributed by atoms with Gasteiger partial charge in [0.1, 0.15) is 5.82 Å². The molecule has 5 heteroatoms. The summed E-state index contributed by atoms with van der Waals surface area (Å²) in [5, 5.41) is 7.19. The van der Waals surface area contributed by atoms with Crippen molar-refractivity contribution in [2.45, 2.75) is 26.3 Å². The number of nitrogens with two attached hydrogens (primary N) is 1. The molecule has 0 spiro atoms. The predicted octanol–water partition coefficient (Wildman–Crippen LogP) is 2.29. The van der Waals surface area contributed by atoms with E-state index in [2.05, 4.69) is 34.1 Å². The van der Waals surface area contributed by atoms with Gasteiger partial charge in [0.15, 0.2) is 0 Å². The zero-order chi connectivity index (χ0) is 13.7. The van der Waals surface area contributed by atoms with Gasteiger partial charge in [-0.25, -0.2) is 4.98 Å². The third-order valence-corrected chi connectivity index (χ3v) is 3.13. The fourth-order valence-electron chi connectivity index (χ4n) is 2.03. The molecular weight excluding hydrogens is 238 g/mol. The second-order valence-electron chi connectivity index (χ2n) is 4.83. The van der Waals surface area contributed by atoms with E-state index in [1.165, 1.54) is 18.4 Å². The van der Waals surface area contributed by atoms with Gasteiger partial charge in [-0.1, -0.05) is 13.3 Å². The summed E-state index contributed by atoms with van der Waals surface area (Å²) in [7, 11) is 2.13. The number of anilines is 1. The van der Waals surface area contributed by atoms with Gasteiger partial charge >= 0.3 is 0 Å².